The van der Waals surface area contributed by atoms with Crippen LogP contribution in [0.1, 0.15) is 32.1 Å². The number of nitrogens with zero attached hydrogens (tertiary/aromatic N) is 3. The Morgan fingerprint density at radius 3 is 2.43 bits per heavy atom. The predicted octanol–water partition coefficient (Wildman–Crippen LogP) is 0.252. The minimum atomic E-state index is -1.02. The van der Waals surface area contributed by atoms with Gasteiger partial charge in [0.25, 0.3) is 0 Å². The minimum Gasteiger partial charge on any atom is -0.480 e. The Labute approximate surface area is 137 Å². The lowest BCUT2D eigenvalue weighted by Crippen LogP contribution is -2.44. The molecule has 0 aromatic rings. The Hall–Kier alpha value is -1.63. The summed E-state index contributed by atoms with van der Waals surface area (Å²) >= 11 is 0. The number of amides is 2. The molecule has 0 aromatic carbocycles. The first-order valence-electron chi connectivity index (χ1n) is 8.33. The quantitative estimate of drug-likeness (QED) is 0.726. The van der Waals surface area contributed by atoms with Crippen molar-refractivity contribution in [2.45, 2.75) is 38.1 Å². The number of hydrogen-bond acceptors (Lipinski definition) is 4. The number of carbonyl (C=O) groups is 3. The molecule has 1 aliphatic carbocycles. The summed E-state index contributed by atoms with van der Waals surface area (Å²) in [5.41, 5.74) is 0. The van der Waals surface area contributed by atoms with Crippen molar-refractivity contribution >= 4 is 17.8 Å². The Bertz CT molecular complexity index is 460. The lowest BCUT2D eigenvalue weighted by molar-refractivity contribution is -0.146. The fourth-order valence-corrected chi connectivity index (χ4v) is 3.48. The zero-order valence-electron chi connectivity index (χ0n) is 14.0. The van der Waals surface area contributed by atoms with Gasteiger partial charge >= 0.3 is 5.97 Å². The molecule has 1 atom stereocenters. The zero-order valence-corrected chi connectivity index (χ0v) is 14.0. The Morgan fingerprint density at radius 1 is 1.22 bits per heavy atom. The maximum atomic E-state index is 12.7. The van der Waals surface area contributed by atoms with Gasteiger partial charge in [-0.1, -0.05) is 12.8 Å². The summed E-state index contributed by atoms with van der Waals surface area (Å²) in [6.07, 6.45) is 4.54. The smallest absolute Gasteiger partial charge is 0.323 e. The number of carbonyl (C=O) groups excluding carboxylic acids is 2. The average molecular weight is 325 g/mol. The third kappa shape index (κ3) is 4.67. The van der Waals surface area contributed by atoms with E-state index in [0.717, 1.165) is 25.7 Å². The van der Waals surface area contributed by atoms with Crippen molar-refractivity contribution in [3.8, 4) is 0 Å². The van der Waals surface area contributed by atoms with Crippen molar-refractivity contribution < 1.29 is 19.5 Å². The van der Waals surface area contributed by atoms with Crippen LogP contribution in [0.15, 0.2) is 0 Å². The molecular weight excluding hydrogens is 298 g/mol. The molecule has 1 heterocycles. The van der Waals surface area contributed by atoms with E-state index in [1.54, 1.807) is 0 Å². The third-order valence-electron chi connectivity index (χ3n) is 4.73. The molecule has 1 saturated heterocycles. The van der Waals surface area contributed by atoms with Crippen molar-refractivity contribution in [2.24, 2.45) is 5.92 Å². The normalized spacial score (nSPS) is 22.1. The van der Waals surface area contributed by atoms with Gasteiger partial charge in [0.2, 0.25) is 11.8 Å². The van der Waals surface area contributed by atoms with E-state index < -0.39 is 11.9 Å². The summed E-state index contributed by atoms with van der Waals surface area (Å²) in [4.78, 5) is 41.0. The summed E-state index contributed by atoms with van der Waals surface area (Å²) < 4.78 is 0. The van der Waals surface area contributed by atoms with Crippen molar-refractivity contribution in [2.75, 3.05) is 40.3 Å². The van der Waals surface area contributed by atoms with Gasteiger partial charge in [-0.25, -0.2) is 0 Å². The largest absolute Gasteiger partial charge is 0.480 e. The fourth-order valence-electron chi connectivity index (χ4n) is 3.48. The van der Waals surface area contributed by atoms with E-state index in [-0.39, 0.29) is 30.8 Å². The lowest BCUT2D eigenvalue weighted by atomic mass is 10.1. The van der Waals surface area contributed by atoms with Gasteiger partial charge in [0.15, 0.2) is 0 Å². The molecule has 0 unspecified atom stereocenters. The van der Waals surface area contributed by atoms with E-state index in [1.807, 2.05) is 23.9 Å². The van der Waals surface area contributed by atoms with Gasteiger partial charge < -0.3 is 19.8 Å². The van der Waals surface area contributed by atoms with Crippen LogP contribution in [-0.4, -0.2) is 83.9 Å². The molecule has 1 saturated carbocycles. The SMILES string of the molecule is CN(C)CCN(CC(=O)O)C(=O)[C@@H]1CC(=O)N(C2CCCC2)C1. The molecule has 7 nitrogen and oxygen atoms in total. The third-order valence-corrected chi connectivity index (χ3v) is 4.73. The second kappa shape index (κ2) is 7.77. The Morgan fingerprint density at radius 2 is 1.87 bits per heavy atom. The van der Waals surface area contributed by atoms with Gasteiger partial charge in [-0.2, -0.15) is 0 Å². The molecule has 0 radical (unpaired) electrons. The summed E-state index contributed by atoms with van der Waals surface area (Å²) in [5, 5.41) is 9.03. The standard InChI is InChI=1S/C16H27N3O4/c1-17(2)7-8-18(11-15(21)22)16(23)12-9-14(20)19(10-12)13-5-3-4-6-13/h12-13H,3-11H2,1-2H3,(H,21,22)/t12-/m1/s1. The highest BCUT2D eigenvalue weighted by Gasteiger charge is 2.40. The second-order valence-corrected chi connectivity index (χ2v) is 6.84. The van der Waals surface area contributed by atoms with E-state index >= 15 is 0 Å². The highest BCUT2D eigenvalue weighted by atomic mass is 16.4. The van der Waals surface area contributed by atoms with E-state index in [0.29, 0.717) is 19.6 Å². The number of carboxylic acids is 1. The highest BCUT2D eigenvalue weighted by molar-refractivity contribution is 5.90. The molecular formula is C16H27N3O4. The van der Waals surface area contributed by atoms with Crippen molar-refractivity contribution in [3.05, 3.63) is 0 Å². The molecule has 7 heteroatoms. The summed E-state index contributed by atoms with van der Waals surface area (Å²) in [6, 6.07) is 0.273. The van der Waals surface area contributed by atoms with Crippen LogP contribution in [0.4, 0.5) is 0 Å². The Kier molecular flexibility index (Phi) is 5.98. The maximum absolute atomic E-state index is 12.7. The fraction of sp³-hybridized carbons (Fsp3) is 0.812. The van der Waals surface area contributed by atoms with E-state index in [2.05, 4.69) is 0 Å². The molecule has 2 rings (SSSR count). The van der Waals surface area contributed by atoms with Crippen LogP contribution >= 0.6 is 0 Å². The summed E-state index contributed by atoms with van der Waals surface area (Å²) in [7, 11) is 3.76. The van der Waals surface area contributed by atoms with Crippen LogP contribution in [-0.2, 0) is 14.4 Å². The number of hydrogen-bond donors (Lipinski definition) is 1. The number of likely N-dealkylation sites (tertiary alicyclic amines) is 1. The first kappa shape index (κ1) is 17.7. The number of likely N-dealkylation sites (N-methyl/N-ethyl adjacent to an activating group) is 1. The first-order valence-corrected chi connectivity index (χ1v) is 8.33. The molecule has 1 N–H and O–H groups in total. The van der Waals surface area contributed by atoms with Crippen LogP contribution in [0, 0.1) is 5.92 Å². The maximum Gasteiger partial charge on any atom is 0.323 e. The summed E-state index contributed by atoms with van der Waals surface area (Å²) in [5.74, 6) is -1.58. The molecule has 130 valence electrons. The molecule has 0 spiro atoms. The molecule has 23 heavy (non-hydrogen) atoms. The van der Waals surface area contributed by atoms with Crippen LogP contribution in [0.25, 0.3) is 0 Å². The summed E-state index contributed by atoms with van der Waals surface area (Å²) in [6.45, 7) is 1.11. The lowest BCUT2D eigenvalue weighted by Gasteiger charge is -2.27. The topological polar surface area (TPSA) is 81.2 Å². The van der Waals surface area contributed by atoms with Crippen LogP contribution in [0.3, 0.4) is 0 Å². The molecule has 0 bridgehead atoms. The predicted molar refractivity (Wildman–Crippen MR) is 84.8 cm³/mol. The van der Waals surface area contributed by atoms with Gasteiger partial charge in [0, 0.05) is 32.1 Å². The number of carboxylic acid groups (broad SMARTS) is 1. The van der Waals surface area contributed by atoms with E-state index in [4.69, 9.17) is 5.11 Å². The number of aliphatic carboxylic acids is 1. The second-order valence-electron chi connectivity index (χ2n) is 6.84. The molecule has 2 aliphatic rings. The van der Waals surface area contributed by atoms with E-state index in [1.165, 1.54) is 4.90 Å². The van der Waals surface area contributed by atoms with Crippen molar-refractivity contribution in [3.63, 3.8) is 0 Å². The van der Waals surface area contributed by atoms with Gasteiger partial charge in [-0.15, -0.1) is 0 Å². The monoisotopic (exact) mass is 325 g/mol. The van der Waals surface area contributed by atoms with Gasteiger partial charge in [-0.3, -0.25) is 14.4 Å². The average Bonchev–Trinajstić information content (AvgIpc) is 3.11. The van der Waals surface area contributed by atoms with Crippen LogP contribution < -0.4 is 0 Å². The highest BCUT2D eigenvalue weighted by Crippen LogP contribution is 2.30. The van der Waals surface area contributed by atoms with Crippen LogP contribution in [0.5, 0.6) is 0 Å². The van der Waals surface area contributed by atoms with E-state index in [9.17, 15) is 14.4 Å². The molecule has 1 aliphatic heterocycles. The van der Waals surface area contributed by atoms with Gasteiger partial charge in [0.1, 0.15) is 6.54 Å². The first-order chi connectivity index (χ1) is 10.9. The van der Waals surface area contributed by atoms with Gasteiger partial charge in [-0.05, 0) is 26.9 Å². The molecule has 2 fully saturated rings. The minimum absolute atomic E-state index is 0.0399. The zero-order chi connectivity index (χ0) is 17.0. The Balaban J connectivity index is 1.98. The molecule has 2 amide bonds. The van der Waals surface area contributed by atoms with Crippen molar-refractivity contribution in [1.29, 1.82) is 0 Å². The van der Waals surface area contributed by atoms with Crippen LogP contribution in [0.2, 0.25) is 0 Å². The molecule has 0 aromatic heterocycles. The number of rotatable bonds is 7. The van der Waals surface area contributed by atoms with Crippen molar-refractivity contribution in [1.82, 2.24) is 14.7 Å². The van der Waals surface area contributed by atoms with Gasteiger partial charge in [0.05, 0.1) is 5.92 Å².